The van der Waals surface area contributed by atoms with Gasteiger partial charge in [0.1, 0.15) is 5.82 Å². The van der Waals surface area contributed by atoms with Crippen LogP contribution in [0.1, 0.15) is 22.8 Å². The maximum Gasteiger partial charge on any atom is 0.251 e. The number of sulfonamides is 1. The average molecular weight is 411 g/mol. The van der Waals surface area contributed by atoms with E-state index >= 15 is 0 Å². The lowest BCUT2D eigenvalue weighted by atomic mass is 10.2. The fraction of sp³-hybridized carbons (Fsp3) is 0.316. The Morgan fingerprint density at radius 3 is 2.44 bits per heavy atom. The predicted octanol–water partition coefficient (Wildman–Crippen LogP) is 3.27. The first-order valence-electron chi connectivity index (χ1n) is 8.51. The largest absolute Gasteiger partial charge is 0.351 e. The highest BCUT2D eigenvalue weighted by Crippen LogP contribution is 2.18. The smallest absolute Gasteiger partial charge is 0.251 e. The van der Waals surface area contributed by atoms with Gasteiger partial charge in [0.2, 0.25) is 10.0 Å². The van der Waals surface area contributed by atoms with Crippen LogP contribution in [-0.4, -0.2) is 39.4 Å². The number of nitrogens with zero attached hydrogens (tertiary/aromatic N) is 1. The van der Waals surface area contributed by atoms with Crippen molar-refractivity contribution in [2.45, 2.75) is 12.7 Å². The molecule has 0 bridgehead atoms. The summed E-state index contributed by atoms with van der Waals surface area (Å²) in [5.41, 5.74) is 1.62. The van der Waals surface area contributed by atoms with E-state index in [1.165, 1.54) is 17.4 Å². The van der Waals surface area contributed by atoms with Crippen molar-refractivity contribution >= 4 is 33.4 Å². The standard InChI is InChI=1S/C19H23FN2O3S2/c1-3-27(24,25)22(2)17-10-8-15(9-11-17)19(23)21-12-13-26-14-16-6-4-5-7-18(16)20/h4-11H,3,12-14H2,1-2H3,(H,21,23). The Bertz CT molecular complexity index is 871. The van der Waals surface area contributed by atoms with Gasteiger partial charge in [-0.1, -0.05) is 18.2 Å². The van der Waals surface area contributed by atoms with Crippen molar-refractivity contribution < 1.29 is 17.6 Å². The minimum absolute atomic E-state index is 0.0102. The molecule has 2 aromatic carbocycles. The second kappa shape index (κ2) is 9.75. The van der Waals surface area contributed by atoms with Crippen LogP contribution in [0.4, 0.5) is 10.1 Å². The van der Waals surface area contributed by atoms with Gasteiger partial charge in [-0.25, -0.2) is 12.8 Å². The van der Waals surface area contributed by atoms with Crippen molar-refractivity contribution in [2.24, 2.45) is 0 Å². The number of carbonyl (C=O) groups excluding carboxylic acids is 1. The molecule has 0 aliphatic rings. The van der Waals surface area contributed by atoms with Crippen molar-refractivity contribution in [3.05, 3.63) is 65.5 Å². The number of nitrogens with one attached hydrogen (secondary N) is 1. The van der Waals surface area contributed by atoms with E-state index < -0.39 is 10.0 Å². The highest BCUT2D eigenvalue weighted by Gasteiger charge is 2.16. The molecule has 0 aliphatic carbocycles. The van der Waals surface area contributed by atoms with Gasteiger partial charge in [0.25, 0.3) is 5.91 Å². The van der Waals surface area contributed by atoms with E-state index in [-0.39, 0.29) is 17.5 Å². The van der Waals surface area contributed by atoms with Crippen LogP contribution in [0.5, 0.6) is 0 Å². The number of rotatable bonds is 9. The molecule has 0 heterocycles. The summed E-state index contributed by atoms with van der Waals surface area (Å²) in [5.74, 6) is 0.778. The second-order valence-electron chi connectivity index (χ2n) is 5.81. The van der Waals surface area contributed by atoms with E-state index in [1.807, 2.05) is 0 Å². The summed E-state index contributed by atoms with van der Waals surface area (Å²) in [4.78, 5) is 12.2. The zero-order valence-electron chi connectivity index (χ0n) is 15.3. The molecular formula is C19H23FN2O3S2. The van der Waals surface area contributed by atoms with E-state index in [0.29, 0.717) is 34.9 Å². The number of benzene rings is 2. The first-order valence-corrected chi connectivity index (χ1v) is 11.3. The van der Waals surface area contributed by atoms with Gasteiger partial charge >= 0.3 is 0 Å². The lowest BCUT2D eigenvalue weighted by Crippen LogP contribution is -2.28. The van der Waals surface area contributed by atoms with Crippen molar-refractivity contribution in [2.75, 3.05) is 29.4 Å². The van der Waals surface area contributed by atoms with E-state index in [1.54, 1.807) is 61.2 Å². The summed E-state index contributed by atoms with van der Waals surface area (Å²) in [6, 6.07) is 13.0. The van der Waals surface area contributed by atoms with Crippen LogP contribution >= 0.6 is 11.8 Å². The number of amides is 1. The first-order chi connectivity index (χ1) is 12.8. The molecule has 0 unspecified atom stereocenters. The van der Waals surface area contributed by atoms with Gasteiger partial charge < -0.3 is 5.32 Å². The van der Waals surface area contributed by atoms with Gasteiger partial charge in [-0.3, -0.25) is 9.10 Å². The average Bonchev–Trinajstić information content (AvgIpc) is 2.68. The third kappa shape index (κ3) is 5.97. The Balaban J connectivity index is 1.80. The Hall–Kier alpha value is -2.06. The predicted molar refractivity (Wildman–Crippen MR) is 109 cm³/mol. The molecule has 5 nitrogen and oxygen atoms in total. The Labute approximate surface area is 164 Å². The van der Waals surface area contributed by atoms with Crippen LogP contribution < -0.4 is 9.62 Å². The van der Waals surface area contributed by atoms with E-state index in [9.17, 15) is 17.6 Å². The van der Waals surface area contributed by atoms with Gasteiger partial charge in [-0.05, 0) is 42.8 Å². The zero-order valence-corrected chi connectivity index (χ0v) is 16.9. The molecular weight excluding hydrogens is 387 g/mol. The van der Waals surface area contributed by atoms with Crippen molar-refractivity contribution in [1.82, 2.24) is 5.32 Å². The minimum Gasteiger partial charge on any atom is -0.351 e. The summed E-state index contributed by atoms with van der Waals surface area (Å²) in [5, 5.41) is 2.80. The van der Waals surface area contributed by atoms with Crippen LogP contribution in [0.25, 0.3) is 0 Å². The summed E-state index contributed by atoms with van der Waals surface area (Å²) < 4.78 is 38.4. The topological polar surface area (TPSA) is 66.5 Å². The minimum atomic E-state index is -3.33. The molecule has 1 amide bonds. The van der Waals surface area contributed by atoms with Crippen LogP contribution in [0, 0.1) is 5.82 Å². The van der Waals surface area contributed by atoms with Crippen LogP contribution in [0.3, 0.4) is 0 Å². The highest BCUT2D eigenvalue weighted by molar-refractivity contribution is 7.98. The molecule has 1 N–H and O–H groups in total. The number of thioether (sulfide) groups is 1. The SMILES string of the molecule is CCS(=O)(=O)N(C)c1ccc(C(=O)NCCSCc2ccccc2F)cc1. The number of hydrogen-bond acceptors (Lipinski definition) is 4. The lowest BCUT2D eigenvalue weighted by Gasteiger charge is -2.18. The van der Waals surface area contributed by atoms with Crippen LogP contribution in [0.15, 0.2) is 48.5 Å². The third-order valence-corrected chi connectivity index (χ3v) is 6.81. The van der Waals surface area contributed by atoms with Gasteiger partial charge in [0.15, 0.2) is 0 Å². The summed E-state index contributed by atoms with van der Waals surface area (Å²) in [7, 11) is -1.84. The molecule has 0 atom stereocenters. The van der Waals surface area contributed by atoms with Gasteiger partial charge in [-0.15, -0.1) is 0 Å². The number of anilines is 1. The molecule has 27 heavy (non-hydrogen) atoms. The molecule has 0 aromatic heterocycles. The molecule has 0 radical (unpaired) electrons. The highest BCUT2D eigenvalue weighted by atomic mass is 32.2. The molecule has 0 saturated heterocycles. The third-order valence-electron chi connectivity index (χ3n) is 4.02. The van der Waals surface area contributed by atoms with E-state index in [0.717, 1.165) is 0 Å². The lowest BCUT2D eigenvalue weighted by molar-refractivity contribution is 0.0956. The molecule has 0 spiro atoms. The monoisotopic (exact) mass is 410 g/mol. The maximum absolute atomic E-state index is 13.5. The normalized spacial score (nSPS) is 11.2. The fourth-order valence-electron chi connectivity index (χ4n) is 2.31. The zero-order chi connectivity index (χ0) is 19.9. The van der Waals surface area contributed by atoms with Crippen molar-refractivity contribution in [3.8, 4) is 0 Å². The molecule has 146 valence electrons. The number of carbonyl (C=O) groups is 1. The Morgan fingerprint density at radius 2 is 1.81 bits per heavy atom. The maximum atomic E-state index is 13.5. The summed E-state index contributed by atoms with van der Waals surface area (Å²) in [6.45, 7) is 2.04. The van der Waals surface area contributed by atoms with E-state index in [2.05, 4.69) is 5.32 Å². The van der Waals surface area contributed by atoms with E-state index in [4.69, 9.17) is 0 Å². The summed E-state index contributed by atoms with van der Waals surface area (Å²) >= 11 is 1.54. The number of hydrogen-bond donors (Lipinski definition) is 1. The molecule has 0 aliphatic heterocycles. The quantitative estimate of drug-likeness (QED) is 0.645. The first kappa shape index (κ1) is 21.2. The fourth-order valence-corrected chi connectivity index (χ4v) is 3.99. The van der Waals surface area contributed by atoms with Gasteiger partial charge in [0, 0.05) is 30.7 Å². The van der Waals surface area contributed by atoms with Crippen LogP contribution in [0.2, 0.25) is 0 Å². The van der Waals surface area contributed by atoms with Crippen LogP contribution in [-0.2, 0) is 15.8 Å². The molecule has 8 heteroatoms. The van der Waals surface area contributed by atoms with Gasteiger partial charge in [0.05, 0.1) is 11.4 Å². The molecule has 2 aromatic rings. The molecule has 0 fully saturated rings. The Morgan fingerprint density at radius 1 is 1.15 bits per heavy atom. The second-order valence-corrected chi connectivity index (χ2v) is 9.21. The Kier molecular flexibility index (Phi) is 7.67. The summed E-state index contributed by atoms with van der Waals surface area (Å²) in [6.07, 6.45) is 0. The van der Waals surface area contributed by atoms with Gasteiger partial charge in [-0.2, -0.15) is 11.8 Å². The molecule has 2 rings (SSSR count). The molecule has 0 saturated carbocycles. The number of halogens is 1. The van der Waals surface area contributed by atoms with Crippen molar-refractivity contribution in [3.63, 3.8) is 0 Å². The van der Waals surface area contributed by atoms with Crippen molar-refractivity contribution in [1.29, 1.82) is 0 Å².